The van der Waals surface area contributed by atoms with E-state index in [1.807, 2.05) is 105 Å². The average molecular weight is 2040 g/mol. The second-order valence-corrected chi connectivity index (χ2v) is 47.2. The summed E-state index contributed by atoms with van der Waals surface area (Å²) in [6.45, 7) is -0.739. The second-order valence-electron chi connectivity index (χ2n) is 47.2. The fourth-order valence-electron chi connectivity index (χ4n) is 32.8. The fraction of sp³-hybridized carbons (Fsp3) is 0.664. The van der Waals surface area contributed by atoms with Gasteiger partial charge >= 0.3 is 17.9 Å². The molecule has 8 aliphatic heterocycles. The lowest BCUT2D eigenvalue weighted by atomic mass is 9.68. The molecule has 33 nitrogen and oxygen atoms in total. The van der Waals surface area contributed by atoms with Crippen LogP contribution in [0.4, 0.5) is 0 Å². The van der Waals surface area contributed by atoms with Crippen molar-refractivity contribution in [2.24, 2.45) is 73.7 Å². The lowest BCUT2D eigenvalue weighted by molar-refractivity contribution is -0.137. The smallest absolute Gasteiger partial charge is 0.360 e. The minimum absolute atomic E-state index is 0.0229. The molecule has 8 saturated heterocycles. The molecule has 0 spiro atoms. The molecule has 16 fully saturated rings. The molecule has 8 aliphatic carbocycles. The largest absolute Gasteiger partial charge is 0.481 e. The van der Waals surface area contributed by atoms with Crippen LogP contribution in [0.5, 0.6) is 0 Å². The molecule has 24 rings (SSSR count). The fourth-order valence-corrected chi connectivity index (χ4v) is 32.8. The van der Waals surface area contributed by atoms with E-state index in [1.165, 1.54) is 225 Å². The predicted octanol–water partition coefficient (Wildman–Crippen LogP) is 17.4. The summed E-state index contributed by atoms with van der Waals surface area (Å²) in [5, 5.41) is 70.7. The molecule has 16 aliphatic rings. The number of carboxylic acids is 3. The number of aliphatic carboxylic acids is 3. The maximum atomic E-state index is 14.2. The number of benzene rings is 4. The van der Waals surface area contributed by atoms with Crippen LogP contribution in [0, 0.1) is 47.3 Å². The number of piperidine rings is 8. The van der Waals surface area contributed by atoms with Gasteiger partial charge in [-0.05, 0) is 276 Å². The molecule has 4 aromatic carbocycles. The number of oxime groups is 4. The quantitative estimate of drug-likeness (QED) is 0.00870. The summed E-state index contributed by atoms with van der Waals surface area (Å²) in [4.78, 5) is 135. The number of carbonyl (C=O) groups is 3. The molecule has 8 aromatic rings. The number of aromatic nitrogens is 8. The highest BCUT2D eigenvalue weighted by molar-refractivity contribution is 6.41. The molecule has 0 amide bonds. The van der Waals surface area contributed by atoms with Crippen LogP contribution in [0.3, 0.4) is 0 Å². The molecule has 16 bridgehead atoms. The van der Waals surface area contributed by atoms with Crippen LogP contribution in [0.1, 0.15) is 355 Å². The topological polar surface area (TPSA) is 428 Å². The Morgan fingerprint density at radius 2 is 0.564 bits per heavy atom. The van der Waals surface area contributed by atoms with E-state index in [2.05, 4.69) is 60.2 Å². The van der Waals surface area contributed by atoms with Crippen molar-refractivity contribution in [1.29, 1.82) is 0 Å². The Balaban J connectivity index is 0.000000116. The number of nitrogens with two attached hydrogens (primary N) is 1. The number of para-hydroxylation sites is 8. The van der Waals surface area contributed by atoms with Gasteiger partial charge in [0.15, 0.2) is 28.6 Å². The summed E-state index contributed by atoms with van der Waals surface area (Å²) >= 11 is 0. The molecule has 4 aromatic heterocycles. The van der Waals surface area contributed by atoms with E-state index in [9.17, 15) is 54.1 Å². The number of carboxylic acid groups (broad SMARTS) is 3. The molecule has 12 heterocycles. The molecule has 16 unspecified atom stereocenters. The molecule has 8 N–H and O–H groups in total. The van der Waals surface area contributed by atoms with Crippen molar-refractivity contribution < 1.29 is 59.6 Å². The Morgan fingerprint density at radius 3 is 0.832 bits per heavy atom. The van der Waals surface area contributed by atoms with E-state index in [-0.39, 0.29) is 127 Å². The van der Waals surface area contributed by atoms with Crippen molar-refractivity contribution >= 4 is 85.0 Å². The van der Waals surface area contributed by atoms with Gasteiger partial charge in [-0.3, -0.25) is 48.4 Å². The van der Waals surface area contributed by atoms with Crippen molar-refractivity contribution in [3.05, 3.63) is 161 Å². The highest BCUT2D eigenvalue weighted by atomic mass is 16.6. The van der Waals surface area contributed by atoms with Crippen LogP contribution in [0.25, 0.3) is 44.1 Å². The normalized spacial score (nSPS) is 32.2. The first kappa shape index (κ1) is 104. The zero-order valence-electron chi connectivity index (χ0n) is 86.9. The number of hydrogen-bond donors (Lipinski definition) is 7. The maximum absolute atomic E-state index is 14.2. The summed E-state index contributed by atoms with van der Waals surface area (Å²) < 4.78 is 7.59. The van der Waals surface area contributed by atoms with Crippen LogP contribution in [-0.2, 0) is 28.9 Å². The van der Waals surface area contributed by atoms with Crippen molar-refractivity contribution in [1.82, 2.24) is 57.8 Å². The summed E-state index contributed by atoms with van der Waals surface area (Å²) in [6, 6.07) is 37.6. The van der Waals surface area contributed by atoms with E-state index in [0.717, 1.165) is 145 Å². The molecule has 8 saturated carbocycles. The molecule has 800 valence electrons. The zero-order chi connectivity index (χ0) is 103. The Kier molecular flexibility index (Phi) is 32.7. The van der Waals surface area contributed by atoms with Crippen molar-refractivity contribution in [3.8, 4) is 0 Å². The van der Waals surface area contributed by atoms with E-state index >= 15 is 0 Å². The van der Waals surface area contributed by atoms with Crippen LogP contribution < -0.4 is 28.0 Å². The van der Waals surface area contributed by atoms with Gasteiger partial charge in [0.1, 0.15) is 31.7 Å². The number of amidine groups is 1. The van der Waals surface area contributed by atoms with E-state index < -0.39 is 29.2 Å². The van der Waals surface area contributed by atoms with Gasteiger partial charge in [-0.25, -0.2) is 24.7 Å². The highest BCUT2D eigenvalue weighted by Gasteiger charge is 2.52. The zero-order valence-corrected chi connectivity index (χ0v) is 86.9. The van der Waals surface area contributed by atoms with E-state index in [0.29, 0.717) is 88.7 Å². The first-order chi connectivity index (χ1) is 72.7. The molecular formula is C116H155N17O16. The minimum atomic E-state index is -1.39. The third kappa shape index (κ3) is 22.5. The third-order valence-electron chi connectivity index (χ3n) is 38.1. The predicted molar refractivity (Wildman–Crippen MR) is 571 cm³/mol. The summed E-state index contributed by atoms with van der Waals surface area (Å²) in [5.74, 6) is 3.67. The molecule has 149 heavy (non-hydrogen) atoms. The van der Waals surface area contributed by atoms with E-state index in [1.54, 1.807) is 10.6 Å². The van der Waals surface area contributed by atoms with Crippen molar-refractivity contribution in [2.45, 2.75) is 405 Å². The summed E-state index contributed by atoms with van der Waals surface area (Å²) in [7, 11) is 1.41. The summed E-state index contributed by atoms with van der Waals surface area (Å²) in [5.41, 5.74) is 10.8. The van der Waals surface area contributed by atoms with Gasteiger partial charge in [-0.15, -0.1) is 0 Å². The Bertz CT molecular complexity index is 6410. The minimum Gasteiger partial charge on any atom is -0.481 e. The van der Waals surface area contributed by atoms with Gasteiger partial charge in [-0.2, -0.15) is 0 Å². The molecule has 33 heteroatoms. The van der Waals surface area contributed by atoms with Crippen molar-refractivity contribution in [2.75, 3.05) is 33.5 Å². The van der Waals surface area contributed by atoms with E-state index in [4.69, 9.17) is 30.5 Å². The van der Waals surface area contributed by atoms with Crippen LogP contribution in [0.2, 0.25) is 0 Å². The standard InChI is InChI=1S/C31H42N4O5.C30H40N4O4.C29H38N4O5.C26H35N5O2/c36-13-14-40-33-27(11-12-29(37)38)30-31(39)35(28-10-2-1-9-26(28)32-30)25-18-22-7-4-8-23(19-25)34(22)24-16-20-5-3-6-21(15-20)17-24;1-38-32-26(12-13-28(35)36)29-30(37)34(27-11-3-2-10-25(27)31-29)24-17-21-8-5-9-22(18-24)33(21)23-15-19-6-4-7-20(14-19)16-23;34-11-12-38-31-27(29(36)37)26-28(35)33(25-10-2-1-9-24(25)30-26)23-16-20-7-4-8-21(17-23)32(20)22-14-18-5-3-6-19(13-18)15-22;27-25(29-33)24-26(32)31(23-10-2-1-9-22(23)28-24)21-14-18-7-4-8-19(15-21)30(18)20-12-16-5-3-6-17(11-16)13-20/h1-2,9-10,20-25,36H,3-8,11-19H2,(H,37,38);2-3,10-11,19-24H,4-9,12-18H2,1H3,(H,35,36);1-2,9-10,18-23,34H,3-8,11-17H2,(H,36,37);1-2,9-10,16-21,33H,3-8,11-15H2,(H2,27,29)/b33-27+;32-26+;31-27-;. The Morgan fingerprint density at radius 1 is 0.315 bits per heavy atom. The highest BCUT2D eigenvalue weighted by Crippen LogP contribution is 2.54. The number of nitrogens with zero attached hydrogens (tertiary/aromatic N) is 16. The van der Waals surface area contributed by atoms with Crippen LogP contribution >= 0.6 is 0 Å². The number of hydrogen-bond acceptors (Lipinski definition) is 25. The maximum Gasteiger partial charge on any atom is 0.360 e. The first-order valence-corrected chi connectivity index (χ1v) is 57.2. The Hall–Kier alpha value is -10.7. The Labute approximate surface area is 871 Å². The lowest BCUT2D eigenvalue weighted by Gasteiger charge is -2.55. The van der Waals surface area contributed by atoms with Gasteiger partial charge in [0.25, 0.3) is 22.2 Å². The molecule has 16 atom stereocenters. The SMILES string of the molecule is CO/N=C(\CCC(=O)O)c1nc2ccccc2n(C2CC3CCCC(C2)N3C2CC3CCCC(C3)C2)c1=O.N/C(=N\O)c1nc2ccccc2n(C2CC3CCCC(C2)N3C2CC3CCCC(C3)C2)c1=O.O=C(O)/C(=N\OCCO)c1nc2ccccc2n(C2CC3CCCC(C2)N3C2CC3CCCC(C3)C2)c1=O.O=C(O)CC/C(=N\OCCO)c1nc2ccccc2n(C2CC3CCCC(C2)N3C2CC3CCCC(C3)C2)c1=O. The summed E-state index contributed by atoms with van der Waals surface area (Å²) in [6.07, 6.45) is 55.4. The monoisotopic (exact) mass is 2040 g/mol. The first-order valence-electron chi connectivity index (χ1n) is 57.2. The molecular weight excluding hydrogens is 1890 g/mol. The van der Waals surface area contributed by atoms with Gasteiger partial charge < -0.3 is 69.3 Å². The second kappa shape index (κ2) is 46.9. The van der Waals surface area contributed by atoms with Gasteiger partial charge in [0.2, 0.25) is 5.71 Å². The average Bonchev–Trinajstić information content (AvgIpc) is 0.751. The molecule has 0 radical (unpaired) electrons. The number of aliphatic hydroxyl groups excluding tert-OH is 2. The van der Waals surface area contributed by atoms with Crippen LogP contribution in [0.15, 0.2) is 137 Å². The van der Waals surface area contributed by atoms with Crippen LogP contribution in [-0.4, -0.2) is 235 Å². The van der Waals surface area contributed by atoms with Crippen molar-refractivity contribution in [3.63, 3.8) is 0 Å². The number of aliphatic hydroxyl groups is 2. The van der Waals surface area contributed by atoms with Gasteiger partial charge in [0.05, 0.1) is 70.2 Å². The van der Waals surface area contributed by atoms with Gasteiger partial charge in [0, 0.05) is 110 Å². The van der Waals surface area contributed by atoms with Gasteiger partial charge in [-0.1, -0.05) is 172 Å². The third-order valence-corrected chi connectivity index (χ3v) is 38.1. The number of rotatable bonds is 26. The number of fused-ring (bicyclic) bond motifs is 20. The lowest BCUT2D eigenvalue weighted by Crippen LogP contribution is -2.58.